The number of nitrogens with zero attached hydrogens (tertiary/aromatic N) is 8. The Bertz CT molecular complexity index is 1920. The van der Waals surface area contributed by atoms with Crippen LogP contribution in [0.5, 0.6) is 11.5 Å². The van der Waals surface area contributed by atoms with Crippen molar-refractivity contribution in [1.29, 1.82) is 5.26 Å². The Morgan fingerprint density at radius 3 is 2.70 bits per heavy atom. The van der Waals surface area contributed by atoms with Gasteiger partial charge in [0, 0.05) is 36.7 Å². The number of benzene rings is 2. The van der Waals surface area contributed by atoms with E-state index in [-0.39, 0.29) is 30.4 Å². The number of nitriles is 1. The highest BCUT2D eigenvalue weighted by Gasteiger charge is 2.22. The molecular formula is C29H27Cl2N9O4. The maximum absolute atomic E-state index is 13.4. The molecule has 0 radical (unpaired) electrons. The van der Waals surface area contributed by atoms with Gasteiger partial charge in [0.15, 0.2) is 16.9 Å². The summed E-state index contributed by atoms with van der Waals surface area (Å²) in [5.41, 5.74) is 1.57. The van der Waals surface area contributed by atoms with Gasteiger partial charge < -0.3 is 19.7 Å². The number of hydrogen-bond donors (Lipinski definition) is 1. The molecule has 0 saturated heterocycles. The van der Waals surface area contributed by atoms with E-state index in [9.17, 15) is 14.9 Å². The van der Waals surface area contributed by atoms with E-state index in [1.54, 1.807) is 69.0 Å². The highest BCUT2D eigenvalue weighted by Crippen LogP contribution is 2.37. The first-order valence-electron chi connectivity index (χ1n) is 13.4. The summed E-state index contributed by atoms with van der Waals surface area (Å²) in [6.45, 7) is 5.86. The molecule has 0 fully saturated rings. The van der Waals surface area contributed by atoms with Gasteiger partial charge in [0.2, 0.25) is 0 Å². The summed E-state index contributed by atoms with van der Waals surface area (Å²) in [5.74, 6) is 0.563. The van der Waals surface area contributed by atoms with Gasteiger partial charge in [0.25, 0.3) is 0 Å². The SMILES string of the molecule is CN(CCNC(=O)OC(C)(C)C)C(=O)n1nc(Cn2nnc3c(Oc4cc(Cl)cc(C#N)c4)c(Cl)ccc32)c2cccnc21. The number of fused-ring (bicyclic) bond motifs is 2. The number of likely N-dealkylation sites (N-methyl/N-ethyl adjacent to an activating group) is 1. The number of hydrogen-bond acceptors (Lipinski definition) is 9. The van der Waals surface area contributed by atoms with E-state index in [2.05, 4.69) is 25.7 Å². The number of carbonyl (C=O) groups excluding carboxylic acids is 2. The van der Waals surface area contributed by atoms with Crippen molar-refractivity contribution in [3.05, 3.63) is 70.0 Å². The number of nitrogens with one attached hydrogen (secondary N) is 1. The minimum Gasteiger partial charge on any atom is -0.453 e. The van der Waals surface area contributed by atoms with E-state index in [0.717, 1.165) is 0 Å². The predicted molar refractivity (Wildman–Crippen MR) is 163 cm³/mol. The van der Waals surface area contributed by atoms with Gasteiger partial charge in [0.1, 0.15) is 11.4 Å². The average molecular weight is 636 g/mol. The third kappa shape index (κ3) is 6.66. The second-order valence-electron chi connectivity index (χ2n) is 10.7. The first-order chi connectivity index (χ1) is 20.9. The van der Waals surface area contributed by atoms with E-state index in [1.165, 1.54) is 15.6 Å². The smallest absolute Gasteiger partial charge is 0.407 e. The highest BCUT2D eigenvalue weighted by atomic mass is 35.5. The fourth-order valence-corrected chi connectivity index (χ4v) is 4.72. The molecule has 0 aliphatic heterocycles. The predicted octanol–water partition coefficient (Wildman–Crippen LogP) is 5.62. The molecule has 0 aliphatic rings. The van der Waals surface area contributed by atoms with E-state index < -0.39 is 17.7 Å². The molecule has 44 heavy (non-hydrogen) atoms. The normalized spacial score (nSPS) is 11.4. The molecule has 0 atom stereocenters. The van der Waals surface area contributed by atoms with Gasteiger partial charge >= 0.3 is 12.1 Å². The van der Waals surface area contributed by atoms with Crippen molar-refractivity contribution in [2.45, 2.75) is 32.9 Å². The lowest BCUT2D eigenvalue weighted by atomic mass is 10.2. The van der Waals surface area contributed by atoms with Gasteiger partial charge in [-0.3, -0.25) is 0 Å². The summed E-state index contributed by atoms with van der Waals surface area (Å²) in [4.78, 5) is 31.1. The molecule has 5 aromatic rings. The molecule has 2 amide bonds. The number of pyridine rings is 1. The number of ether oxygens (including phenoxy) is 2. The third-order valence-corrected chi connectivity index (χ3v) is 6.77. The molecule has 3 heterocycles. The Hall–Kier alpha value is -4.93. The van der Waals surface area contributed by atoms with Crippen molar-refractivity contribution in [3.63, 3.8) is 0 Å². The monoisotopic (exact) mass is 635 g/mol. The van der Waals surface area contributed by atoms with Crippen LogP contribution >= 0.6 is 23.2 Å². The van der Waals surface area contributed by atoms with Crippen LogP contribution in [-0.2, 0) is 11.3 Å². The average Bonchev–Trinajstić information content (AvgIpc) is 3.54. The lowest BCUT2D eigenvalue weighted by Crippen LogP contribution is -2.40. The van der Waals surface area contributed by atoms with Gasteiger partial charge in [-0.15, -0.1) is 5.10 Å². The molecular weight excluding hydrogens is 609 g/mol. The standard InChI is InChI=1S/C29H27Cl2N9O4/c1-29(2,3)44-27(41)34-10-11-38(4)28(42)40-26-20(6-5-9-33-26)22(36-40)16-39-23-8-7-21(31)25(24(23)35-37-39)43-19-13-17(15-32)12-18(30)14-19/h5-9,12-14H,10-11,16H2,1-4H3,(H,34,41). The van der Waals surface area contributed by atoms with Crippen LogP contribution in [0.1, 0.15) is 32.0 Å². The zero-order valence-electron chi connectivity index (χ0n) is 24.2. The molecule has 0 spiro atoms. The maximum Gasteiger partial charge on any atom is 0.407 e. The summed E-state index contributed by atoms with van der Waals surface area (Å²) >= 11 is 12.6. The molecule has 2 aromatic carbocycles. The molecule has 0 saturated carbocycles. The molecule has 15 heteroatoms. The van der Waals surface area contributed by atoms with Crippen LogP contribution in [0.15, 0.2) is 48.7 Å². The summed E-state index contributed by atoms with van der Waals surface area (Å²) in [6, 6.07) is 13.2. The van der Waals surface area contributed by atoms with Crippen molar-refractivity contribution in [2.24, 2.45) is 0 Å². The Kier molecular flexibility index (Phi) is 8.57. The van der Waals surface area contributed by atoms with Crippen LogP contribution in [0.3, 0.4) is 0 Å². The number of amides is 2. The molecule has 226 valence electrons. The molecule has 3 aromatic heterocycles. The van der Waals surface area contributed by atoms with E-state index in [4.69, 9.17) is 32.7 Å². The molecule has 13 nitrogen and oxygen atoms in total. The van der Waals surface area contributed by atoms with Crippen molar-refractivity contribution in [2.75, 3.05) is 20.1 Å². The maximum atomic E-state index is 13.4. The lowest BCUT2D eigenvalue weighted by molar-refractivity contribution is 0.0524. The number of carbonyl (C=O) groups is 2. The molecule has 0 aliphatic carbocycles. The van der Waals surface area contributed by atoms with Gasteiger partial charge in [-0.25, -0.2) is 19.3 Å². The number of alkyl carbamates (subject to hydrolysis) is 1. The topological polar surface area (TPSA) is 153 Å². The fraction of sp³-hybridized carbons (Fsp3) is 0.276. The van der Waals surface area contributed by atoms with Gasteiger partial charge in [-0.05, 0) is 63.2 Å². The number of rotatable bonds is 7. The summed E-state index contributed by atoms with van der Waals surface area (Å²) in [7, 11) is 1.60. The van der Waals surface area contributed by atoms with Gasteiger partial charge in [-0.2, -0.15) is 15.0 Å². The Labute approximate surface area is 261 Å². The molecule has 1 N–H and O–H groups in total. The van der Waals surface area contributed by atoms with Crippen molar-refractivity contribution in [3.8, 4) is 17.6 Å². The lowest BCUT2D eigenvalue weighted by Gasteiger charge is -2.21. The molecule has 0 unspecified atom stereocenters. The first-order valence-corrected chi connectivity index (χ1v) is 14.1. The van der Waals surface area contributed by atoms with E-state index in [0.29, 0.717) is 44.1 Å². The zero-order valence-corrected chi connectivity index (χ0v) is 25.7. The highest BCUT2D eigenvalue weighted by molar-refractivity contribution is 6.33. The van der Waals surface area contributed by atoms with Crippen LogP contribution in [0.4, 0.5) is 9.59 Å². The molecule has 0 bridgehead atoms. The minimum atomic E-state index is -0.629. The minimum absolute atomic E-state index is 0.152. The van der Waals surface area contributed by atoms with Crippen LogP contribution in [-0.4, -0.2) is 72.5 Å². The van der Waals surface area contributed by atoms with E-state index in [1.807, 2.05) is 12.1 Å². The van der Waals surface area contributed by atoms with Crippen molar-refractivity contribution >= 4 is 57.4 Å². The first kappa shape index (κ1) is 30.5. The molecule has 5 rings (SSSR count). The number of halogens is 2. The second-order valence-corrected chi connectivity index (χ2v) is 11.6. The largest absolute Gasteiger partial charge is 0.453 e. The van der Waals surface area contributed by atoms with Crippen LogP contribution in [0.2, 0.25) is 10.0 Å². The van der Waals surface area contributed by atoms with E-state index >= 15 is 0 Å². The number of aromatic nitrogens is 6. The van der Waals surface area contributed by atoms with Gasteiger partial charge in [0.05, 0.1) is 34.4 Å². The van der Waals surface area contributed by atoms with Gasteiger partial charge in [-0.1, -0.05) is 28.4 Å². The summed E-state index contributed by atoms with van der Waals surface area (Å²) < 4.78 is 14.1. The van der Waals surface area contributed by atoms with Crippen LogP contribution in [0.25, 0.3) is 22.1 Å². The van der Waals surface area contributed by atoms with Crippen LogP contribution < -0.4 is 10.1 Å². The Balaban J connectivity index is 1.39. The Morgan fingerprint density at radius 2 is 1.95 bits per heavy atom. The van der Waals surface area contributed by atoms with Crippen molar-refractivity contribution in [1.82, 2.24) is 40.0 Å². The quantitative estimate of drug-likeness (QED) is 0.240. The van der Waals surface area contributed by atoms with Crippen molar-refractivity contribution < 1.29 is 19.1 Å². The zero-order chi connectivity index (χ0) is 31.6. The summed E-state index contributed by atoms with van der Waals surface area (Å²) in [5, 5.41) is 26.4. The van der Waals surface area contributed by atoms with Crippen LogP contribution in [0, 0.1) is 11.3 Å². The summed E-state index contributed by atoms with van der Waals surface area (Å²) in [6.07, 6.45) is 1.01. The Morgan fingerprint density at radius 1 is 1.16 bits per heavy atom. The second kappa shape index (κ2) is 12.4. The third-order valence-electron chi connectivity index (χ3n) is 6.25. The fourth-order valence-electron chi connectivity index (χ4n) is 4.31.